The summed E-state index contributed by atoms with van der Waals surface area (Å²) in [5.41, 5.74) is 6.01. The number of hydrogen-bond acceptors (Lipinski definition) is 6. The first kappa shape index (κ1) is 22.4. The maximum Gasteiger partial charge on any atom is 0.269 e. The Bertz CT molecular complexity index is 1310. The molecule has 0 N–H and O–H groups in total. The summed E-state index contributed by atoms with van der Waals surface area (Å²) in [6.45, 7) is 6.69. The average Bonchev–Trinajstić information content (AvgIpc) is 3.23. The van der Waals surface area contributed by atoms with Gasteiger partial charge in [0.25, 0.3) is 5.69 Å². The molecule has 0 radical (unpaired) electrons. The molecule has 6 nitrogen and oxygen atoms in total. The SMILES string of the molecule is CCOc1ccc(C=Nc2nc(-c3ccc(C)cc3C)c(-c3ccc([N+](=O)[O-])cc3)s2)cc1. The van der Waals surface area contributed by atoms with Gasteiger partial charge in [0.2, 0.25) is 5.13 Å². The van der Waals surface area contributed by atoms with Gasteiger partial charge in [-0.1, -0.05) is 35.1 Å². The molecule has 33 heavy (non-hydrogen) atoms. The number of thiazole rings is 1. The van der Waals surface area contributed by atoms with E-state index in [9.17, 15) is 10.1 Å². The van der Waals surface area contributed by atoms with Gasteiger partial charge >= 0.3 is 0 Å². The molecule has 4 rings (SSSR count). The fourth-order valence-corrected chi connectivity index (χ4v) is 4.43. The summed E-state index contributed by atoms with van der Waals surface area (Å²) in [4.78, 5) is 21.0. The summed E-state index contributed by atoms with van der Waals surface area (Å²) in [6, 6.07) is 20.5. The standard InChI is InChI=1S/C26H23N3O3S/c1-4-32-22-12-6-19(7-13-22)16-27-26-28-24(23-14-5-17(2)15-18(23)3)25(33-26)20-8-10-21(11-9-20)29(30)31/h5-16H,4H2,1-3H3. The third-order valence-electron chi connectivity index (χ3n) is 5.11. The highest BCUT2D eigenvalue weighted by Crippen LogP contribution is 2.41. The van der Waals surface area contributed by atoms with E-state index in [1.165, 1.54) is 29.0 Å². The van der Waals surface area contributed by atoms with Gasteiger partial charge < -0.3 is 4.74 Å². The second-order valence-corrected chi connectivity index (χ2v) is 8.53. The zero-order chi connectivity index (χ0) is 23.4. The molecule has 0 amide bonds. The van der Waals surface area contributed by atoms with Gasteiger partial charge in [-0.15, -0.1) is 0 Å². The molecule has 0 aliphatic rings. The molecular formula is C26H23N3O3S. The Morgan fingerprint density at radius 2 is 1.79 bits per heavy atom. The summed E-state index contributed by atoms with van der Waals surface area (Å²) in [5, 5.41) is 11.7. The van der Waals surface area contributed by atoms with Crippen molar-refractivity contribution in [2.75, 3.05) is 6.61 Å². The Morgan fingerprint density at radius 3 is 2.42 bits per heavy atom. The summed E-state index contributed by atoms with van der Waals surface area (Å²) in [7, 11) is 0. The number of nitro groups is 1. The fourth-order valence-electron chi connectivity index (χ4n) is 3.50. The lowest BCUT2D eigenvalue weighted by Gasteiger charge is -2.07. The second-order valence-electron chi connectivity index (χ2n) is 7.56. The third kappa shape index (κ3) is 5.15. The average molecular weight is 458 g/mol. The zero-order valence-corrected chi connectivity index (χ0v) is 19.4. The van der Waals surface area contributed by atoms with Crippen LogP contribution in [0.3, 0.4) is 0 Å². The smallest absolute Gasteiger partial charge is 0.269 e. The highest BCUT2D eigenvalue weighted by atomic mass is 32.1. The molecule has 166 valence electrons. The predicted molar refractivity (Wildman–Crippen MR) is 134 cm³/mol. The van der Waals surface area contributed by atoms with E-state index in [1.807, 2.05) is 31.2 Å². The zero-order valence-electron chi connectivity index (χ0n) is 18.6. The Balaban J connectivity index is 1.73. The Labute approximate surface area is 196 Å². The molecule has 0 atom stereocenters. The van der Waals surface area contributed by atoms with E-state index in [0.717, 1.165) is 38.6 Å². The van der Waals surface area contributed by atoms with E-state index in [-0.39, 0.29) is 5.69 Å². The molecule has 0 aliphatic carbocycles. The number of aryl methyl sites for hydroxylation is 2. The fraction of sp³-hybridized carbons (Fsp3) is 0.154. The van der Waals surface area contributed by atoms with Gasteiger partial charge in [0, 0.05) is 23.9 Å². The van der Waals surface area contributed by atoms with Crippen molar-refractivity contribution in [1.82, 2.24) is 4.98 Å². The van der Waals surface area contributed by atoms with Crippen LogP contribution in [0.2, 0.25) is 0 Å². The summed E-state index contributed by atoms with van der Waals surface area (Å²) in [5.74, 6) is 0.821. The van der Waals surface area contributed by atoms with Crippen LogP contribution < -0.4 is 4.74 Å². The van der Waals surface area contributed by atoms with E-state index >= 15 is 0 Å². The number of nitrogens with zero attached hydrogens (tertiary/aromatic N) is 3. The predicted octanol–water partition coefficient (Wildman–Crippen LogP) is 7.15. The Hall–Kier alpha value is -3.84. The molecule has 0 fully saturated rings. The minimum atomic E-state index is -0.395. The lowest BCUT2D eigenvalue weighted by Crippen LogP contribution is -1.91. The molecule has 0 saturated heterocycles. The third-order valence-corrected chi connectivity index (χ3v) is 6.12. The molecule has 3 aromatic carbocycles. The van der Waals surface area contributed by atoms with E-state index in [1.54, 1.807) is 18.3 Å². The number of aromatic nitrogens is 1. The highest BCUT2D eigenvalue weighted by molar-refractivity contribution is 7.19. The van der Waals surface area contributed by atoms with Gasteiger partial charge in [0.05, 0.1) is 22.1 Å². The van der Waals surface area contributed by atoms with Crippen LogP contribution in [-0.2, 0) is 0 Å². The van der Waals surface area contributed by atoms with Crippen LogP contribution in [0.1, 0.15) is 23.6 Å². The van der Waals surface area contributed by atoms with Crippen molar-refractivity contribution < 1.29 is 9.66 Å². The normalized spacial score (nSPS) is 11.1. The Kier molecular flexibility index (Phi) is 6.60. The number of hydrogen-bond donors (Lipinski definition) is 0. The van der Waals surface area contributed by atoms with Crippen molar-refractivity contribution >= 4 is 28.4 Å². The van der Waals surface area contributed by atoms with E-state index in [2.05, 4.69) is 37.0 Å². The molecule has 4 aromatic rings. The Morgan fingerprint density at radius 1 is 1.06 bits per heavy atom. The maximum absolute atomic E-state index is 11.1. The molecule has 0 aliphatic heterocycles. The minimum absolute atomic E-state index is 0.0603. The molecule has 7 heteroatoms. The molecule has 0 saturated carbocycles. The van der Waals surface area contributed by atoms with Gasteiger partial charge in [-0.3, -0.25) is 10.1 Å². The summed E-state index contributed by atoms with van der Waals surface area (Å²) >= 11 is 1.46. The number of non-ortho nitro benzene ring substituents is 1. The van der Waals surface area contributed by atoms with Gasteiger partial charge in [0.1, 0.15) is 5.75 Å². The lowest BCUT2D eigenvalue weighted by atomic mass is 10.0. The number of aliphatic imine (C=N–C) groups is 1. The first-order chi connectivity index (χ1) is 15.9. The van der Waals surface area contributed by atoms with E-state index in [4.69, 9.17) is 9.72 Å². The first-order valence-electron chi connectivity index (χ1n) is 10.5. The maximum atomic E-state index is 11.1. The number of benzene rings is 3. The van der Waals surface area contributed by atoms with Crippen LogP contribution in [0.5, 0.6) is 5.75 Å². The van der Waals surface area contributed by atoms with Crippen molar-refractivity contribution in [3.8, 4) is 27.4 Å². The van der Waals surface area contributed by atoms with Crippen LogP contribution in [0.15, 0.2) is 71.7 Å². The van der Waals surface area contributed by atoms with Crippen LogP contribution in [0, 0.1) is 24.0 Å². The number of ether oxygens (including phenoxy) is 1. The summed E-state index contributed by atoms with van der Waals surface area (Å²) < 4.78 is 5.49. The second kappa shape index (κ2) is 9.75. The topological polar surface area (TPSA) is 77.6 Å². The van der Waals surface area contributed by atoms with Crippen molar-refractivity contribution in [2.24, 2.45) is 4.99 Å². The van der Waals surface area contributed by atoms with Crippen molar-refractivity contribution in [2.45, 2.75) is 20.8 Å². The highest BCUT2D eigenvalue weighted by Gasteiger charge is 2.17. The van der Waals surface area contributed by atoms with Gasteiger partial charge in [-0.25, -0.2) is 9.98 Å². The van der Waals surface area contributed by atoms with Crippen LogP contribution in [0.4, 0.5) is 10.8 Å². The number of nitro benzene ring substituents is 1. The van der Waals surface area contributed by atoms with Crippen molar-refractivity contribution in [3.63, 3.8) is 0 Å². The molecular weight excluding hydrogens is 434 g/mol. The molecule has 0 spiro atoms. The van der Waals surface area contributed by atoms with E-state index < -0.39 is 4.92 Å². The molecule has 1 heterocycles. The lowest BCUT2D eigenvalue weighted by molar-refractivity contribution is -0.384. The van der Waals surface area contributed by atoms with Gasteiger partial charge in [-0.2, -0.15) is 0 Å². The van der Waals surface area contributed by atoms with Gasteiger partial charge in [0.15, 0.2) is 0 Å². The molecule has 1 aromatic heterocycles. The number of rotatable bonds is 7. The summed E-state index contributed by atoms with van der Waals surface area (Å²) in [6.07, 6.45) is 1.78. The van der Waals surface area contributed by atoms with Crippen LogP contribution in [0.25, 0.3) is 21.7 Å². The van der Waals surface area contributed by atoms with Crippen LogP contribution in [-0.4, -0.2) is 22.7 Å². The molecule has 0 unspecified atom stereocenters. The molecule has 0 bridgehead atoms. The van der Waals surface area contributed by atoms with E-state index in [0.29, 0.717) is 11.7 Å². The minimum Gasteiger partial charge on any atom is -0.494 e. The van der Waals surface area contributed by atoms with Crippen molar-refractivity contribution in [1.29, 1.82) is 0 Å². The quantitative estimate of drug-likeness (QED) is 0.168. The largest absolute Gasteiger partial charge is 0.494 e. The van der Waals surface area contributed by atoms with Crippen LogP contribution >= 0.6 is 11.3 Å². The van der Waals surface area contributed by atoms with Crippen molar-refractivity contribution in [3.05, 3.63) is 93.5 Å². The van der Waals surface area contributed by atoms with Gasteiger partial charge in [-0.05, 0) is 73.9 Å². The first-order valence-corrected chi connectivity index (χ1v) is 11.4. The monoisotopic (exact) mass is 457 g/mol.